The van der Waals surface area contributed by atoms with Gasteiger partial charge in [0.2, 0.25) is 0 Å². The number of carboxylic acid groups (broad SMARTS) is 1. The van der Waals surface area contributed by atoms with Crippen LogP contribution in [0.4, 0.5) is 0 Å². The van der Waals surface area contributed by atoms with Gasteiger partial charge in [-0.05, 0) is 55.5 Å². The molecule has 206 valence electrons. The van der Waals surface area contributed by atoms with E-state index < -0.39 is 5.97 Å². The summed E-state index contributed by atoms with van der Waals surface area (Å²) >= 11 is 0. The van der Waals surface area contributed by atoms with Crippen molar-refractivity contribution in [1.29, 1.82) is 0 Å². The lowest BCUT2D eigenvalue weighted by molar-refractivity contribution is 0.0697. The van der Waals surface area contributed by atoms with Gasteiger partial charge in [0.15, 0.2) is 0 Å². The van der Waals surface area contributed by atoms with E-state index in [9.17, 15) is 9.90 Å². The average Bonchev–Trinajstić information content (AvgIpc) is 2.91. The quantitative estimate of drug-likeness (QED) is 0.170. The molecule has 0 aliphatic carbocycles. The third-order valence-corrected chi connectivity index (χ3v) is 6.96. The molecular formula is C33H50O4. The number of aromatic carboxylic acids is 1. The topological polar surface area (TPSA) is 55.8 Å². The Balaban J connectivity index is 2.10. The molecule has 0 aliphatic rings. The maximum absolute atomic E-state index is 11.3. The van der Waals surface area contributed by atoms with Crippen LogP contribution in [0, 0.1) is 0 Å². The van der Waals surface area contributed by atoms with Crippen molar-refractivity contribution in [2.75, 3.05) is 6.61 Å². The molecule has 0 heterocycles. The number of carbonyl (C=O) groups is 1. The Hall–Kier alpha value is -2.49. The van der Waals surface area contributed by atoms with Gasteiger partial charge in [-0.15, -0.1) is 0 Å². The highest BCUT2D eigenvalue weighted by atomic mass is 16.5. The smallest absolute Gasteiger partial charge is 0.335 e. The van der Waals surface area contributed by atoms with Gasteiger partial charge in [-0.3, -0.25) is 0 Å². The van der Waals surface area contributed by atoms with E-state index in [4.69, 9.17) is 9.47 Å². The van der Waals surface area contributed by atoms with Crippen LogP contribution in [0.1, 0.15) is 127 Å². The second-order valence-electron chi connectivity index (χ2n) is 10.2. The van der Waals surface area contributed by atoms with Crippen molar-refractivity contribution in [3.63, 3.8) is 0 Å². The molecule has 0 fully saturated rings. The molecule has 2 aromatic rings. The minimum absolute atomic E-state index is 0.230. The number of benzene rings is 2. The molecule has 0 saturated carbocycles. The molecule has 4 heteroatoms. The largest absolute Gasteiger partial charge is 0.493 e. The van der Waals surface area contributed by atoms with Gasteiger partial charge in [0, 0.05) is 11.6 Å². The second-order valence-corrected chi connectivity index (χ2v) is 10.2. The zero-order valence-corrected chi connectivity index (χ0v) is 23.6. The Labute approximate surface area is 225 Å². The molecule has 37 heavy (non-hydrogen) atoms. The Morgan fingerprint density at radius 2 is 1.32 bits per heavy atom. The highest BCUT2D eigenvalue weighted by Crippen LogP contribution is 2.35. The van der Waals surface area contributed by atoms with Gasteiger partial charge >= 0.3 is 5.97 Å². The lowest BCUT2D eigenvalue weighted by atomic mass is 10.0. The standard InChI is InChI=1S/C33H50O4/c1-4-7-10-12-13-14-15-18-29(17-9-6-3)37-30-23-24-31(27-19-21-28(22-20-27)33(34)35)32(26-30)36-25-16-11-8-5-2/h19-24,26,29H,4-18,25H2,1-3H3,(H,34,35). The maximum Gasteiger partial charge on any atom is 0.335 e. The van der Waals surface area contributed by atoms with E-state index in [2.05, 4.69) is 26.8 Å². The lowest BCUT2D eigenvalue weighted by Gasteiger charge is -2.21. The first kappa shape index (κ1) is 30.7. The van der Waals surface area contributed by atoms with Crippen LogP contribution in [0.2, 0.25) is 0 Å². The first-order chi connectivity index (χ1) is 18.1. The Kier molecular flexibility index (Phi) is 15.5. The Morgan fingerprint density at radius 1 is 0.730 bits per heavy atom. The van der Waals surface area contributed by atoms with Crippen LogP contribution in [-0.2, 0) is 0 Å². The minimum atomic E-state index is -0.915. The SMILES string of the molecule is CCCCCCCCCC(CCCC)Oc1ccc(-c2ccc(C(=O)O)cc2)c(OCCCCCC)c1. The van der Waals surface area contributed by atoms with Gasteiger partial charge in [0.1, 0.15) is 11.5 Å². The summed E-state index contributed by atoms with van der Waals surface area (Å²) in [5.41, 5.74) is 2.21. The van der Waals surface area contributed by atoms with Crippen LogP contribution in [0.3, 0.4) is 0 Å². The fourth-order valence-electron chi connectivity index (χ4n) is 4.65. The molecule has 1 N–H and O–H groups in total. The minimum Gasteiger partial charge on any atom is -0.493 e. The van der Waals surface area contributed by atoms with Crippen molar-refractivity contribution in [3.05, 3.63) is 48.0 Å². The van der Waals surface area contributed by atoms with Crippen LogP contribution in [0.15, 0.2) is 42.5 Å². The van der Waals surface area contributed by atoms with Crippen LogP contribution >= 0.6 is 0 Å². The summed E-state index contributed by atoms with van der Waals surface area (Å²) in [4.78, 5) is 11.3. The van der Waals surface area contributed by atoms with Crippen LogP contribution < -0.4 is 9.47 Å². The van der Waals surface area contributed by atoms with Crippen LogP contribution in [0.25, 0.3) is 11.1 Å². The maximum atomic E-state index is 11.3. The van der Waals surface area contributed by atoms with E-state index >= 15 is 0 Å². The van der Waals surface area contributed by atoms with Gasteiger partial charge in [-0.1, -0.05) is 104 Å². The van der Waals surface area contributed by atoms with Crippen molar-refractivity contribution >= 4 is 5.97 Å². The third-order valence-electron chi connectivity index (χ3n) is 6.96. The van der Waals surface area contributed by atoms with Crippen molar-refractivity contribution in [3.8, 4) is 22.6 Å². The molecule has 2 aromatic carbocycles. The van der Waals surface area contributed by atoms with E-state index in [-0.39, 0.29) is 11.7 Å². The zero-order chi connectivity index (χ0) is 26.7. The molecular weight excluding hydrogens is 460 g/mol. The summed E-state index contributed by atoms with van der Waals surface area (Å²) in [5.74, 6) is 0.752. The van der Waals surface area contributed by atoms with Crippen molar-refractivity contribution in [1.82, 2.24) is 0 Å². The monoisotopic (exact) mass is 510 g/mol. The number of ether oxygens (including phenoxy) is 2. The third kappa shape index (κ3) is 12.1. The van der Waals surface area contributed by atoms with Gasteiger partial charge < -0.3 is 14.6 Å². The van der Waals surface area contributed by atoms with Gasteiger partial charge in [-0.25, -0.2) is 4.79 Å². The highest BCUT2D eigenvalue weighted by molar-refractivity contribution is 5.88. The second kappa shape index (κ2) is 18.7. The first-order valence-corrected chi connectivity index (χ1v) is 14.9. The summed E-state index contributed by atoms with van der Waals surface area (Å²) in [5, 5.41) is 9.25. The van der Waals surface area contributed by atoms with Gasteiger partial charge in [-0.2, -0.15) is 0 Å². The molecule has 0 spiro atoms. The molecule has 0 aromatic heterocycles. The fourth-order valence-corrected chi connectivity index (χ4v) is 4.65. The molecule has 0 bridgehead atoms. The normalized spacial score (nSPS) is 11.9. The molecule has 2 rings (SSSR count). The van der Waals surface area contributed by atoms with Crippen molar-refractivity contribution in [2.24, 2.45) is 0 Å². The Bertz CT molecular complexity index is 874. The molecule has 1 atom stereocenters. The summed E-state index contributed by atoms with van der Waals surface area (Å²) in [7, 11) is 0. The predicted molar refractivity (Wildman–Crippen MR) is 155 cm³/mol. The molecule has 0 saturated heterocycles. The first-order valence-electron chi connectivity index (χ1n) is 14.9. The van der Waals surface area contributed by atoms with E-state index in [1.54, 1.807) is 12.1 Å². The van der Waals surface area contributed by atoms with Gasteiger partial charge in [0.25, 0.3) is 0 Å². The molecule has 0 amide bonds. The molecule has 0 radical (unpaired) electrons. The predicted octanol–water partition coefficient (Wildman–Crippen LogP) is 10.1. The van der Waals surface area contributed by atoms with E-state index in [1.807, 2.05) is 24.3 Å². The number of unbranched alkanes of at least 4 members (excludes halogenated alkanes) is 10. The van der Waals surface area contributed by atoms with Crippen molar-refractivity contribution in [2.45, 2.75) is 123 Å². The molecule has 1 unspecified atom stereocenters. The molecule has 0 aliphatic heterocycles. The summed E-state index contributed by atoms with van der Waals surface area (Å²) in [6.07, 6.45) is 18.5. The van der Waals surface area contributed by atoms with E-state index in [0.29, 0.717) is 6.61 Å². The number of hydrogen-bond donors (Lipinski definition) is 1. The fraction of sp³-hybridized carbons (Fsp3) is 0.606. The lowest BCUT2D eigenvalue weighted by Crippen LogP contribution is -2.16. The van der Waals surface area contributed by atoms with Gasteiger partial charge in [0.05, 0.1) is 18.3 Å². The van der Waals surface area contributed by atoms with Crippen LogP contribution in [0.5, 0.6) is 11.5 Å². The van der Waals surface area contributed by atoms with E-state index in [0.717, 1.165) is 48.3 Å². The average molecular weight is 511 g/mol. The Morgan fingerprint density at radius 3 is 1.97 bits per heavy atom. The van der Waals surface area contributed by atoms with Crippen molar-refractivity contribution < 1.29 is 19.4 Å². The molecule has 4 nitrogen and oxygen atoms in total. The summed E-state index contributed by atoms with van der Waals surface area (Å²) in [6, 6.07) is 13.1. The summed E-state index contributed by atoms with van der Waals surface area (Å²) in [6.45, 7) is 7.38. The number of hydrogen-bond acceptors (Lipinski definition) is 3. The van der Waals surface area contributed by atoms with E-state index in [1.165, 1.54) is 70.6 Å². The van der Waals surface area contributed by atoms with Crippen LogP contribution in [-0.4, -0.2) is 23.8 Å². The highest BCUT2D eigenvalue weighted by Gasteiger charge is 2.14. The zero-order valence-electron chi connectivity index (χ0n) is 23.6. The number of carboxylic acids is 1. The summed E-state index contributed by atoms with van der Waals surface area (Å²) < 4.78 is 12.8. The number of rotatable bonds is 21.